The molecule has 2 aliphatic heterocycles. The molecule has 2 heterocycles. The Hall–Kier alpha value is -2.26. The van der Waals surface area contributed by atoms with Crippen molar-refractivity contribution in [1.29, 1.82) is 0 Å². The van der Waals surface area contributed by atoms with Crippen LogP contribution in [0.25, 0.3) is 0 Å². The number of hydrogen-bond acceptors (Lipinski definition) is 9. The molecule has 0 aliphatic carbocycles. The molecule has 1 aromatic carbocycles. The Morgan fingerprint density at radius 3 is 2.80 bits per heavy atom. The Bertz CT molecular complexity index is 667. The van der Waals surface area contributed by atoms with Crippen molar-refractivity contribution in [3.63, 3.8) is 0 Å². The van der Waals surface area contributed by atoms with Gasteiger partial charge in [-0.25, -0.2) is 5.01 Å². The Labute approximate surface area is 151 Å². The van der Waals surface area contributed by atoms with E-state index in [0.29, 0.717) is 24.7 Å². The molecule has 2 aliphatic rings. The predicted octanol–water partition coefficient (Wildman–Crippen LogP) is 1.40. The topological polar surface area (TPSA) is 79.4 Å². The van der Waals surface area contributed by atoms with Crippen molar-refractivity contribution in [2.24, 2.45) is 5.10 Å². The molecule has 0 spiro atoms. The number of nitrogens with one attached hydrogen (secondary N) is 3. The number of methoxy groups -OCH3 is 3. The molecular formula is C16H23N5O3S. The van der Waals surface area contributed by atoms with Gasteiger partial charge in [-0.15, -0.1) is 5.10 Å². The number of thioether (sulfide) groups is 1. The van der Waals surface area contributed by atoms with E-state index < -0.39 is 0 Å². The smallest absolute Gasteiger partial charge is 0.185 e. The van der Waals surface area contributed by atoms with Crippen molar-refractivity contribution in [2.45, 2.75) is 5.50 Å². The fourth-order valence-electron chi connectivity index (χ4n) is 2.49. The third kappa shape index (κ3) is 4.05. The lowest BCUT2D eigenvalue weighted by Crippen LogP contribution is -2.28. The summed E-state index contributed by atoms with van der Waals surface area (Å²) in [5.41, 5.74) is 2.12. The second-order valence-electron chi connectivity index (χ2n) is 5.37. The van der Waals surface area contributed by atoms with Gasteiger partial charge in [0.1, 0.15) is 0 Å². The first-order valence-electron chi connectivity index (χ1n) is 7.93. The van der Waals surface area contributed by atoms with Gasteiger partial charge in [-0.1, -0.05) is 0 Å². The van der Waals surface area contributed by atoms with Crippen molar-refractivity contribution in [1.82, 2.24) is 15.6 Å². The summed E-state index contributed by atoms with van der Waals surface area (Å²) in [6.07, 6.45) is 1.99. The number of hydrazone groups is 1. The highest BCUT2D eigenvalue weighted by atomic mass is 32.2. The van der Waals surface area contributed by atoms with Gasteiger partial charge in [0.15, 0.2) is 22.2 Å². The Balaban J connectivity index is 1.57. The summed E-state index contributed by atoms with van der Waals surface area (Å²) in [4.78, 5) is 0. The molecule has 0 amide bonds. The molecule has 8 nitrogen and oxygen atoms in total. The molecule has 0 bridgehead atoms. The zero-order valence-corrected chi connectivity index (χ0v) is 15.4. The molecule has 0 radical (unpaired) electrons. The van der Waals surface area contributed by atoms with E-state index in [-0.39, 0.29) is 5.50 Å². The minimum atomic E-state index is 0.104. The number of anilines is 1. The number of rotatable bonds is 8. The molecule has 25 heavy (non-hydrogen) atoms. The summed E-state index contributed by atoms with van der Waals surface area (Å²) in [7, 11) is 4.94. The minimum Gasteiger partial charge on any atom is -0.493 e. The SMILES string of the molecule is COCCNC1=NN2C(CNc3ccc(OC)c(OC)c3)=CNC2S1. The molecule has 0 saturated heterocycles. The standard InChI is InChI=1S/C16H23N5O3S/c1-22-7-6-17-15-20-21-12(10-19-16(21)25-15)9-18-11-4-5-13(23-2)14(8-11)24-3/h4-5,8,10,16,18-19H,6-7,9H2,1-3H3,(H,17,20). The molecular weight excluding hydrogens is 342 g/mol. The lowest BCUT2D eigenvalue weighted by molar-refractivity contribution is 0.204. The Morgan fingerprint density at radius 2 is 2.04 bits per heavy atom. The highest BCUT2D eigenvalue weighted by molar-refractivity contribution is 8.14. The van der Waals surface area contributed by atoms with E-state index in [4.69, 9.17) is 14.2 Å². The average molecular weight is 365 g/mol. The molecule has 1 aromatic rings. The molecule has 0 fully saturated rings. The normalized spacial score (nSPS) is 18.2. The van der Waals surface area contributed by atoms with Crippen LogP contribution in [-0.4, -0.2) is 56.7 Å². The van der Waals surface area contributed by atoms with Crippen LogP contribution in [0.15, 0.2) is 35.2 Å². The van der Waals surface area contributed by atoms with Crippen LogP contribution in [0.2, 0.25) is 0 Å². The zero-order chi connectivity index (χ0) is 17.6. The first kappa shape index (κ1) is 17.6. The monoisotopic (exact) mass is 365 g/mol. The maximum atomic E-state index is 5.33. The minimum absolute atomic E-state index is 0.104. The summed E-state index contributed by atoms with van der Waals surface area (Å²) in [6.45, 7) is 2.04. The van der Waals surface area contributed by atoms with E-state index >= 15 is 0 Å². The van der Waals surface area contributed by atoms with Gasteiger partial charge in [0, 0.05) is 31.6 Å². The van der Waals surface area contributed by atoms with E-state index in [9.17, 15) is 0 Å². The van der Waals surface area contributed by atoms with Crippen molar-refractivity contribution in [3.8, 4) is 11.5 Å². The lowest BCUT2D eigenvalue weighted by atomic mass is 10.2. The van der Waals surface area contributed by atoms with Crippen LogP contribution in [0.4, 0.5) is 5.69 Å². The highest BCUT2D eigenvalue weighted by Crippen LogP contribution is 2.32. The number of nitrogens with zero attached hydrogens (tertiary/aromatic N) is 2. The second kappa shape index (κ2) is 8.21. The van der Waals surface area contributed by atoms with Crippen LogP contribution >= 0.6 is 11.8 Å². The maximum absolute atomic E-state index is 5.33. The van der Waals surface area contributed by atoms with Gasteiger partial charge >= 0.3 is 0 Å². The van der Waals surface area contributed by atoms with Gasteiger partial charge in [-0.3, -0.25) is 0 Å². The fraction of sp³-hybridized carbons (Fsp3) is 0.438. The summed E-state index contributed by atoms with van der Waals surface area (Å²) in [5, 5.41) is 17.5. The predicted molar refractivity (Wildman–Crippen MR) is 99.8 cm³/mol. The van der Waals surface area contributed by atoms with Crippen LogP contribution in [0.1, 0.15) is 0 Å². The first-order valence-corrected chi connectivity index (χ1v) is 8.81. The van der Waals surface area contributed by atoms with Gasteiger partial charge in [0.05, 0.1) is 33.1 Å². The summed E-state index contributed by atoms with van der Waals surface area (Å²) in [6, 6.07) is 5.76. The number of amidine groups is 1. The largest absolute Gasteiger partial charge is 0.493 e. The molecule has 1 unspecified atom stereocenters. The third-order valence-corrected chi connectivity index (χ3v) is 4.78. The van der Waals surface area contributed by atoms with E-state index in [0.717, 1.165) is 23.1 Å². The van der Waals surface area contributed by atoms with Gasteiger partial charge in [0.25, 0.3) is 0 Å². The third-order valence-electron chi connectivity index (χ3n) is 3.77. The number of hydrogen-bond donors (Lipinski definition) is 3. The van der Waals surface area contributed by atoms with Crippen LogP contribution in [0.3, 0.4) is 0 Å². The molecule has 0 saturated carbocycles. The van der Waals surface area contributed by atoms with E-state index in [2.05, 4.69) is 21.1 Å². The van der Waals surface area contributed by atoms with E-state index in [1.807, 2.05) is 29.4 Å². The molecule has 9 heteroatoms. The Kier molecular flexibility index (Phi) is 5.77. The Morgan fingerprint density at radius 1 is 1.20 bits per heavy atom. The zero-order valence-electron chi connectivity index (χ0n) is 14.5. The van der Waals surface area contributed by atoms with Crippen molar-refractivity contribution < 1.29 is 14.2 Å². The fourth-order valence-corrected chi connectivity index (χ4v) is 3.44. The van der Waals surface area contributed by atoms with Crippen molar-refractivity contribution >= 4 is 22.6 Å². The summed E-state index contributed by atoms with van der Waals surface area (Å²) >= 11 is 1.65. The quantitative estimate of drug-likeness (QED) is 0.597. The number of benzene rings is 1. The van der Waals surface area contributed by atoms with Gasteiger partial charge in [-0.2, -0.15) is 0 Å². The number of ether oxygens (including phenoxy) is 3. The van der Waals surface area contributed by atoms with Crippen LogP contribution in [0.5, 0.6) is 11.5 Å². The molecule has 0 aromatic heterocycles. The molecule has 3 N–H and O–H groups in total. The summed E-state index contributed by atoms with van der Waals surface area (Å²) in [5.74, 6) is 1.41. The van der Waals surface area contributed by atoms with Crippen LogP contribution in [-0.2, 0) is 4.74 Å². The van der Waals surface area contributed by atoms with Crippen LogP contribution < -0.4 is 25.4 Å². The van der Waals surface area contributed by atoms with E-state index in [1.54, 1.807) is 33.1 Å². The number of fused-ring (bicyclic) bond motifs is 1. The van der Waals surface area contributed by atoms with Crippen LogP contribution in [0, 0.1) is 0 Å². The summed E-state index contributed by atoms with van der Waals surface area (Å²) < 4.78 is 15.6. The van der Waals surface area contributed by atoms with Gasteiger partial charge in [0.2, 0.25) is 0 Å². The molecule has 1 atom stereocenters. The van der Waals surface area contributed by atoms with Gasteiger partial charge < -0.3 is 30.2 Å². The van der Waals surface area contributed by atoms with E-state index in [1.165, 1.54) is 0 Å². The van der Waals surface area contributed by atoms with Crippen molar-refractivity contribution in [3.05, 3.63) is 30.1 Å². The first-order chi connectivity index (χ1) is 12.2. The molecule has 136 valence electrons. The van der Waals surface area contributed by atoms with Gasteiger partial charge in [-0.05, 0) is 23.9 Å². The lowest BCUT2D eigenvalue weighted by Gasteiger charge is -2.17. The van der Waals surface area contributed by atoms with Crippen molar-refractivity contribution in [2.75, 3.05) is 46.3 Å². The molecule has 3 rings (SSSR count). The average Bonchev–Trinajstić information content (AvgIpc) is 3.20. The second-order valence-corrected chi connectivity index (χ2v) is 6.43. The highest BCUT2D eigenvalue weighted by Gasteiger charge is 2.33. The maximum Gasteiger partial charge on any atom is 0.185 e.